The molecule has 0 amide bonds. The Kier molecular flexibility index (Phi) is 6.58. The van der Waals surface area contributed by atoms with Crippen LogP contribution in [-0.2, 0) is 11.3 Å². The molecule has 1 aliphatic heterocycles. The van der Waals surface area contributed by atoms with E-state index in [-0.39, 0.29) is 0 Å². The Morgan fingerprint density at radius 3 is 2.60 bits per heavy atom. The van der Waals surface area contributed by atoms with Gasteiger partial charge in [0.1, 0.15) is 17.3 Å². The van der Waals surface area contributed by atoms with Crippen molar-refractivity contribution < 1.29 is 9.47 Å². The average molecular weight is 461 g/mol. The standard InChI is InChI=1S/C18H16BrCl2NO2S/c19-15-9-12(18(25)22-5-7-23-8-6-22)2-4-17(15)24-11-13-1-3-14(20)10-16(13)21/h1-4,9-10H,5-8,11H2. The van der Waals surface area contributed by atoms with E-state index in [1.54, 1.807) is 12.1 Å². The molecular weight excluding hydrogens is 445 g/mol. The summed E-state index contributed by atoms with van der Waals surface area (Å²) in [5.74, 6) is 0.736. The van der Waals surface area contributed by atoms with E-state index in [1.165, 1.54) is 0 Å². The lowest BCUT2D eigenvalue weighted by molar-refractivity contribution is 0.0693. The Hall–Kier alpha value is -0.850. The highest BCUT2D eigenvalue weighted by molar-refractivity contribution is 9.10. The number of morpholine rings is 1. The molecule has 25 heavy (non-hydrogen) atoms. The van der Waals surface area contributed by atoms with Crippen molar-refractivity contribution in [2.45, 2.75) is 6.61 Å². The van der Waals surface area contributed by atoms with Gasteiger partial charge in [-0.2, -0.15) is 0 Å². The molecule has 0 spiro atoms. The number of halogens is 3. The number of nitrogens with zero attached hydrogens (tertiary/aromatic N) is 1. The van der Waals surface area contributed by atoms with Gasteiger partial charge >= 0.3 is 0 Å². The number of hydrogen-bond donors (Lipinski definition) is 0. The molecule has 1 fully saturated rings. The van der Waals surface area contributed by atoms with Crippen molar-refractivity contribution in [2.75, 3.05) is 26.3 Å². The van der Waals surface area contributed by atoms with E-state index in [1.807, 2.05) is 24.3 Å². The molecule has 0 atom stereocenters. The summed E-state index contributed by atoms with van der Waals surface area (Å²) in [6.07, 6.45) is 0. The van der Waals surface area contributed by atoms with Crippen LogP contribution in [0, 0.1) is 0 Å². The normalized spacial score (nSPS) is 14.4. The third-order valence-electron chi connectivity index (χ3n) is 3.88. The van der Waals surface area contributed by atoms with Gasteiger partial charge in [0.25, 0.3) is 0 Å². The van der Waals surface area contributed by atoms with Crippen LogP contribution < -0.4 is 4.74 Å². The van der Waals surface area contributed by atoms with Gasteiger partial charge < -0.3 is 14.4 Å². The largest absolute Gasteiger partial charge is 0.488 e. The third kappa shape index (κ3) is 4.86. The molecule has 0 N–H and O–H groups in total. The van der Waals surface area contributed by atoms with E-state index in [9.17, 15) is 0 Å². The lowest BCUT2D eigenvalue weighted by Gasteiger charge is -2.29. The Balaban J connectivity index is 1.68. The molecule has 1 saturated heterocycles. The van der Waals surface area contributed by atoms with Crippen molar-refractivity contribution in [1.29, 1.82) is 0 Å². The molecule has 3 nitrogen and oxygen atoms in total. The van der Waals surface area contributed by atoms with E-state index in [0.717, 1.165) is 39.4 Å². The second-order valence-electron chi connectivity index (χ2n) is 5.57. The van der Waals surface area contributed by atoms with Crippen molar-refractivity contribution >= 4 is 56.3 Å². The number of rotatable bonds is 4. The summed E-state index contributed by atoms with van der Waals surface area (Å²) in [4.78, 5) is 2.99. The Bertz CT molecular complexity index is 782. The van der Waals surface area contributed by atoms with Gasteiger partial charge in [-0.05, 0) is 46.3 Å². The van der Waals surface area contributed by atoms with Gasteiger partial charge in [0, 0.05) is 34.3 Å². The summed E-state index contributed by atoms with van der Waals surface area (Å²) in [6, 6.07) is 11.2. The summed E-state index contributed by atoms with van der Waals surface area (Å²) in [5.41, 5.74) is 1.87. The molecule has 2 aromatic carbocycles. The highest BCUT2D eigenvalue weighted by Crippen LogP contribution is 2.29. The molecule has 1 heterocycles. The van der Waals surface area contributed by atoms with E-state index in [0.29, 0.717) is 29.9 Å². The van der Waals surface area contributed by atoms with E-state index in [2.05, 4.69) is 20.8 Å². The number of thiocarbonyl (C=S) groups is 1. The van der Waals surface area contributed by atoms with Crippen molar-refractivity contribution in [2.24, 2.45) is 0 Å². The van der Waals surface area contributed by atoms with Gasteiger partial charge in [0.15, 0.2) is 0 Å². The van der Waals surface area contributed by atoms with E-state index < -0.39 is 0 Å². The zero-order valence-electron chi connectivity index (χ0n) is 13.3. The van der Waals surface area contributed by atoms with Crippen molar-refractivity contribution in [1.82, 2.24) is 4.90 Å². The van der Waals surface area contributed by atoms with E-state index in [4.69, 9.17) is 44.9 Å². The maximum Gasteiger partial charge on any atom is 0.134 e. The summed E-state index contributed by atoms with van der Waals surface area (Å²) < 4.78 is 12.1. The van der Waals surface area contributed by atoms with Crippen molar-refractivity contribution in [3.05, 3.63) is 62.0 Å². The molecule has 0 bridgehead atoms. The Morgan fingerprint density at radius 2 is 1.92 bits per heavy atom. The van der Waals surface area contributed by atoms with Crippen LogP contribution >= 0.6 is 51.3 Å². The molecule has 0 aromatic heterocycles. The lowest BCUT2D eigenvalue weighted by atomic mass is 10.2. The summed E-state index contributed by atoms with van der Waals surface area (Å²) in [7, 11) is 0. The molecule has 7 heteroatoms. The highest BCUT2D eigenvalue weighted by Gasteiger charge is 2.16. The second kappa shape index (κ2) is 8.69. The number of hydrogen-bond acceptors (Lipinski definition) is 3. The zero-order valence-corrected chi connectivity index (χ0v) is 17.2. The maximum absolute atomic E-state index is 6.18. The minimum atomic E-state index is 0.363. The molecule has 3 rings (SSSR count). The second-order valence-corrected chi connectivity index (χ2v) is 7.66. The fourth-order valence-electron chi connectivity index (χ4n) is 2.49. The van der Waals surface area contributed by atoms with Crippen LogP contribution in [0.3, 0.4) is 0 Å². The lowest BCUT2D eigenvalue weighted by Crippen LogP contribution is -2.40. The predicted molar refractivity (Wildman–Crippen MR) is 109 cm³/mol. The molecule has 0 saturated carbocycles. The minimum absolute atomic E-state index is 0.363. The highest BCUT2D eigenvalue weighted by atomic mass is 79.9. The molecular formula is C18H16BrCl2NO2S. The fourth-order valence-corrected chi connectivity index (χ4v) is 3.76. The quantitative estimate of drug-likeness (QED) is 0.573. The van der Waals surface area contributed by atoms with Crippen LogP contribution in [-0.4, -0.2) is 36.2 Å². The topological polar surface area (TPSA) is 21.7 Å². The van der Waals surface area contributed by atoms with Crippen molar-refractivity contribution in [3.8, 4) is 5.75 Å². The molecule has 1 aliphatic rings. The number of benzene rings is 2. The maximum atomic E-state index is 6.18. The number of ether oxygens (including phenoxy) is 2. The first kappa shape index (κ1) is 18.9. The molecule has 0 aliphatic carbocycles. The molecule has 0 radical (unpaired) electrons. The Labute approximate surface area is 170 Å². The van der Waals surface area contributed by atoms with Crippen LogP contribution in [0.1, 0.15) is 11.1 Å². The van der Waals surface area contributed by atoms with Crippen LogP contribution in [0.2, 0.25) is 10.0 Å². The predicted octanol–water partition coefficient (Wildman–Crippen LogP) is 5.34. The SMILES string of the molecule is S=C(c1ccc(OCc2ccc(Cl)cc2Cl)c(Br)c1)N1CCOCC1. The zero-order chi connectivity index (χ0) is 17.8. The van der Waals surface area contributed by atoms with Crippen LogP contribution in [0.15, 0.2) is 40.9 Å². The smallest absolute Gasteiger partial charge is 0.134 e. The Morgan fingerprint density at radius 1 is 1.16 bits per heavy atom. The van der Waals surface area contributed by atoms with Gasteiger partial charge in [-0.3, -0.25) is 0 Å². The van der Waals surface area contributed by atoms with Gasteiger partial charge in [-0.15, -0.1) is 0 Å². The van der Waals surface area contributed by atoms with Crippen LogP contribution in [0.4, 0.5) is 0 Å². The first-order valence-corrected chi connectivity index (χ1v) is 9.73. The first-order chi connectivity index (χ1) is 12.0. The van der Waals surface area contributed by atoms with E-state index >= 15 is 0 Å². The molecule has 0 unspecified atom stereocenters. The summed E-state index contributed by atoms with van der Waals surface area (Å²) >= 11 is 21.2. The van der Waals surface area contributed by atoms with Gasteiger partial charge in [0.2, 0.25) is 0 Å². The third-order valence-corrected chi connectivity index (χ3v) is 5.58. The fraction of sp³-hybridized carbons (Fsp3) is 0.278. The molecule has 2 aromatic rings. The summed E-state index contributed by atoms with van der Waals surface area (Å²) in [5, 5.41) is 1.20. The summed E-state index contributed by atoms with van der Waals surface area (Å²) in [6.45, 7) is 3.43. The van der Waals surface area contributed by atoms with Gasteiger partial charge in [0.05, 0.1) is 17.7 Å². The van der Waals surface area contributed by atoms with Gasteiger partial charge in [-0.1, -0.05) is 41.5 Å². The van der Waals surface area contributed by atoms with Crippen LogP contribution in [0.25, 0.3) is 0 Å². The first-order valence-electron chi connectivity index (χ1n) is 7.78. The van der Waals surface area contributed by atoms with Crippen molar-refractivity contribution in [3.63, 3.8) is 0 Å². The molecule has 132 valence electrons. The van der Waals surface area contributed by atoms with Gasteiger partial charge in [-0.25, -0.2) is 0 Å². The minimum Gasteiger partial charge on any atom is -0.488 e. The monoisotopic (exact) mass is 459 g/mol. The van der Waals surface area contributed by atoms with Crippen LogP contribution in [0.5, 0.6) is 5.75 Å². The average Bonchev–Trinajstić information content (AvgIpc) is 2.62.